The number of halogens is 4. The number of carbonyl (C=O) groups excluding carboxylic acids is 1. The Morgan fingerprint density at radius 1 is 1.07 bits per heavy atom. The highest BCUT2D eigenvalue weighted by Crippen LogP contribution is 2.22. The Morgan fingerprint density at radius 2 is 1.67 bits per heavy atom. The second kappa shape index (κ2) is 8.03. The average Bonchev–Trinajstić information content (AvgIpc) is 2.59. The molecule has 0 fully saturated rings. The van der Waals surface area contributed by atoms with Crippen molar-refractivity contribution in [1.29, 1.82) is 0 Å². The summed E-state index contributed by atoms with van der Waals surface area (Å²) in [6, 6.07) is 3.51. The third-order valence-corrected chi connectivity index (χ3v) is 5.41. The van der Waals surface area contributed by atoms with Crippen molar-refractivity contribution in [3.05, 3.63) is 59.2 Å². The maximum atomic E-state index is 14.0. The van der Waals surface area contributed by atoms with Crippen molar-refractivity contribution in [2.45, 2.75) is 4.90 Å². The van der Waals surface area contributed by atoms with Gasteiger partial charge in [-0.25, -0.2) is 26.0 Å². The van der Waals surface area contributed by atoms with Gasteiger partial charge in [-0.15, -0.1) is 0 Å². The third-order valence-electron chi connectivity index (χ3n) is 3.54. The summed E-state index contributed by atoms with van der Waals surface area (Å²) in [5.74, 6) is -6.90. The van der Waals surface area contributed by atoms with E-state index in [4.69, 9.17) is 5.11 Å². The fraction of sp³-hybridized carbons (Fsp3) is 0.188. The monoisotopic (exact) mass is 406 g/mol. The molecule has 0 saturated carbocycles. The average molecular weight is 406 g/mol. The summed E-state index contributed by atoms with van der Waals surface area (Å²) in [6.07, 6.45) is 0. The van der Waals surface area contributed by atoms with Crippen LogP contribution in [0.5, 0.6) is 0 Å². The van der Waals surface area contributed by atoms with Crippen molar-refractivity contribution in [1.82, 2.24) is 4.31 Å². The minimum atomic E-state index is -4.33. The van der Waals surface area contributed by atoms with Crippen LogP contribution in [0.4, 0.5) is 23.2 Å². The lowest BCUT2D eigenvalue weighted by Gasteiger charge is -2.17. The van der Waals surface area contributed by atoms with E-state index in [0.717, 1.165) is 25.2 Å². The highest BCUT2D eigenvalue weighted by Gasteiger charge is 2.25. The molecule has 1 amide bonds. The summed E-state index contributed by atoms with van der Waals surface area (Å²) in [4.78, 5) is 11.4. The van der Waals surface area contributed by atoms with Gasteiger partial charge in [0.05, 0.1) is 6.61 Å². The van der Waals surface area contributed by atoms with E-state index >= 15 is 0 Å². The van der Waals surface area contributed by atoms with Gasteiger partial charge in [0.25, 0.3) is 5.91 Å². The number of likely N-dealkylation sites (N-methyl/N-ethyl adjacent to an activating group) is 1. The molecule has 11 heteroatoms. The van der Waals surface area contributed by atoms with Crippen LogP contribution in [0.15, 0.2) is 35.2 Å². The topological polar surface area (TPSA) is 86.7 Å². The van der Waals surface area contributed by atoms with E-state index in [0.29, 0.717) is 16.4 Å². The van der Waals surface area contributed by atoms with Crippen LogP contribution < -0.4 is 5.32 Å². The van der Waals surface area contributed by atoms with E-state index in [1.54, 1.807) is 0 Å². The Morgan fingerprint density at radius 3 is 2.22 bits per heavy atom. The van der Waals surface area contributed by atoms with Crippen LogP contribution >= 0.6 is 0 Å². The van der Waals surface area contributed by atoms with Gasteiger partial charge in [-0.05, 0) is 18.2 Å². The molecule has 6 nitrogen and oxygen atoms in total. The molecule has 0 aliphatic rings. The van der Waals surface area contributed by atoms with Crippen molar-refractivity contribution in [2.24, 2.45) is 0 Å². The zero-order valence-electron chi connectivity index (χ0n) is 13.8. The van der Waals surface area contributed by atoms with E-state index in [2.05, 4.69) is 5.32 Å². The molecule has 2 aromatic carbocycles. The van der Waals surface area contributed by atoms with Crippen LogP contribution in [0.3, 0.4) is 0 Å². The van der Waals surface area contributed by atoms with Gasteiger partial charge in [0.1, 0.15) is 10.7 Å². The zero-order valence-corrected chi connectivity index (χ0v) is 14.7. The molecule has 0 saturated heterocycles. The molecular formula is C16H14F4N2O4S. The number of sulfonamides is 1. The number of benzene rings is 2. The quantitative estimate of drug-likeness (QED) is 0.568. The van der Waals surface area contributed by atoms with E-state index in [9.17, 15) is 30.8 Å². The van der Waals surface area contributed by atoms with Crippen molar-refractivity contribution in [3.63, 3.8) is 0 Å². The third kappa shape index (κ3) is 4.43. The lowest BCUT2D eigenvalue weighted by Crippen LogP contribution is -2.30. The molecule has 0 bridgehead atoms. The van der Waals surface area contributed by atoms with Gasteiger partial charge in [-0.2, -0.15) is 4.31 Å². The molecule has 0 spiro atoms. The number of anilines is 1. The minimum Gasteiger partial charge on any atom is -0.395 e. The van der Waals surface area contributed by atoms with Crippen LogP contribution in [0.25, 0.3) is 0 Å². The first-order valence-corrected chi connectivity index (χ1v) is 8.84. The smallest absolute Gasteiger partial charge is 0.255 e. The number of nitrogens with one attached hydrogen (secondary N) is 1. The van der Waals surface area contributed by atoms with Crippen LogP contribution in [-0.4, -0.2) is 43.9 Å². The maximum absolute atomic E-state index is 14.0. The number of hydrogen-bond acceptors (Lipinski definition) is 4. The summed E-state index contributed by atoms with van der Waals surface area (Å²) in [5.41, 5.74) is -0.736. The minimum absolute atomic E-state index is 0.299. The summed E-state index contributed by atoms with van der Waals surface area (Å²) in [5, 5.41) is 10.9. The Labute approximate surface area is 152 Å². The SMILES string of the molecule is CN(CCO)S(=O)(=O)c1cc(C(=O)Nc2cc(F)c(F)c(F)c2)ccc1F. The van der Waals surface area contributed by atoms with Gasteiger partial charge >= 0.3 is 0 Å². The van der Waals surface area contributed by atoms with Gasteiger partial charge in [0, 0.05) is 37.0 Å². The highest BCUT2D eigenvalue weighted by atomic mass is 32.2. The van der Waals surface area contributed by atoms with Gasteiger partial charge < -0.3 is 10.4 Å². The molecule has 2 N–H and O–H groups in total. The summed E-state index contributed by atoms with van der Waals surface area (Å²) in [7, 11) is -3.22. The molecule has 0 radical (unpaired) electrons. The molecular weight excluding hydrogens is 392 g/mol. The molecule has 146 valence electrons. The Balaban J connectivity index is 2.36. The second-order valence-electron chi connectivity index (χ2n) is 5.40. The molecule has 27 heavy (non-hydrogen) atoms. The Bertz CT molecular complexity index is 959. The van der Waals surface area contributed by atoms with Crippen molar-refractivity contribution in [2.75, 3.05) is 25.5 Å². The largest absolute Gasteiger partial charge is 0.395 e. The predicted octanol–water partition coefficient (Wildman–Crippen LogP) is 2.11. The molecule has 2 rings (SSSR count). The predicted molar refractivity (Wildman–Crippen MR) is 87.6 cm³/mol. The Hall–Kier alpha value is -2.50. The van der Waals surface area contributed by atoms with Crippen LogP contribution in [0, 0.1) is 23.3 Å². The van der Waals surface area contributed by atoms with Crippen molar-refractivity contribution < 1.29 is 35.9 Å². The molecule has 2 aromatic rings. The fourth-order valence-electron chi connectivity index (χ4n) is 2.10. The number of nitrogens with zero attached hydrogens (tertiary/aromatic N) is 1. The molecule has 0 aromatic heterocycles. The number of rotatable bonds is 6. The van der Waals surface area contributed by atoms with E-state index < -0.39 is 56.4 Å². The van der Waals surface area contributed by atoms with E-state index in [-0.39, 0.29) is 12.1 Å². The number of amides is 1. The molecule has 0 aliphatic heterocycles. The van der Waals surface area contributed by atoms with E-state index in [1.807, 2.05) is 0 Å². The first-order valence-electron chi connectivity index (χ1n) is 7.40. The lowest BCUT2D eigenvalue weighted by molar-refractivity contribution is 0.102. The van der Waals surface area contributed by atoms with Crippen LogP contribution in [0.1, 0.15) is 10.4 Å². The Kier molecular flexibility index (Phi) is 6.19. The van der Waals surface area contributed by atoms with Crippen LogP contribution in [-0.2, 0) is 10.0 Å². The summed E-state index contributed by atoms with van der Waals surface area (Å²) in [6.45, 7) is -0.800. The first kappa shape index (κ1) is 20.8. The normalized spacial score (nSPS) is 11.7. The number of hydrogen-bond donors (Lipinski definition) is 2. The first-order chi connectivity index (χ1) is 12.6. The van der Waals surface area contributed by atoms with Crippen molar-refractivity contribution in [3.8, 4) is 0 Å². The summed E-state index contributed by atoms with van der Waals surface area (Å²) < 4.78 is 78.6. The summed E-state index contributed by atoms with van der Waals surface area (Å²) >= 11 is 0. The number of carbonyl (C=O) groups is 1. The molecule has 0 heterocycles. The van der Waals surface area contributed by atoms with Gasteiger partial charge in [-0.3, -0.25) is 4.79 Å². The molecule has 0 aliphatic carbocycles. The maximum Gasteiger partial charge on any atom is 0.255 e. The number of aliphatic hydroxyl groups excluding tert-OH is 1. The van der Waals surface area contributed by atoms with Gasteiger partial charge in [0.2, 0.25) is 10.0 Å². The van der Waals surface area contributed by atoms with Crippen LogP contribution in [0.2, 0.25) is 0 Å². The second-order valence-corrected chi connectivity index (χ2v) is 7.42. The van der Waals surface area contributed by atoms with Gasteiger partial charge in [0.15, 0.2) is 17.5 Å². The highest BCUT2D eigenvalue weighted by molar-refractivity contribution is 7.89. The lowest BCUT2D eigenvalue weighted by atomic mass is 10.2. The molecule has 0 atom stereocenters. The molecule has 0 unspecified atom stereocenters. The number of aliphatic hydroxyl groups is 1. The van der Waals surface area contributed by atoms with Crippen molar-refractivity contribution >= 4 is 21.6 Å². The standard InChI is InChI=1S/C16H14F4N2O4S/c1-22(4-5-23)27(25,26)14-6-9(2-3-11(14)17)16(24)21-10-7-12(18)15(20)13(19)8-10/h2-3,6-8,23H,4-5H2,1H3,(H,21,24). The van der Waals surface area contributed by atoms with E-state index in [1.165, 1.54) is 0 Å². The zero-order chi connectivity index (χ0) is 20.4. The fourth-order valence-corrected chi connectivity index (χ4v) is 3.35. The van der Waals surface area contributed by atoms with Gasteiger partial charge in [-0.1, -0.05) is 0 Å².